The Bertz CT molecular complexity index is 272. The molecule has 0 heterocycles. The van der Waals surface area contributed by atoms with Crippen molar-refractivity contribution in [3.8, 4) is 0 Å². The van der Waals surface area contributed by atoms with E-state index >= 15 is 0 Å². The summed E-state index contributed by atoms with van der Waals surface area (Å²) in [4.78, 5) is 21.8. The molecule has 0 saturated carbocycles. The summed E-state index contributed by atoms with van der Waals surface area (Å²) in [5, 5.41) is 13.7. The van der Waals surface area contributed by atoms with Crippen LogP contribution in [0.2, 0.25) is 0 Å². The number of carboxylic acid groups (broad SMARTS) is 1. The number of hydrogen-bond acceptors (Lipinski definition) is 2. The van der Waals surface area contributed by atoms with Gasteiger partial charge in [-0.1, -0.05) is 12.2 Å². The summed E-state index contributed by atoms with van der Waals surface area (Å²) in [6, 6.07) is -0.385. The van der Waals surface area contributed by atoms with Crippen LogP contribution in [0.3, 0.4) is 0 Å². The molecule has 5 heteroatoms. The van der Waals surface area contributed by atoms with Crippen LogP contribution in [0.4, 0.5) is 4.79 Å². The molecule has 0 radical (unpaired) electrons. The van der Waals surface area contributed by atoms with Crippen LogP contribution in [-0.2, 0) is 4.79 Å². The Kier molecular flexibility index (Phi) is 4.84. The van der Waals surface area contributed by atoms with Gasteiger partial charge in [-0.15, -0.1) is 0 Å². The van der Waals surface area contributed by atoms with Gasteiger partial charge < -0.3 is 15.7 Å². The van der Waals surface area contributed by atoms with E-state index in [0.717, 1.165) is 5.57 Å². The van der Waals surface area contributed by atoms with E-state index in [1.165, 1.54) is 0 Å². The van der Waals surface area contributed by atoms with Crippen LogP contribution in [0.15, 0.2) is 12.2 Å². The Morgan fingerprint density at radius 1 is 1.40 bits per heavy atom. The van der Waals surface area contributed by atoms with Crippen molar-refractivity contribution in [3.05, 3.63) is 12.2 Å². The summed E-state index contributed by atoms with van der Waals surface area (Å²) >= 11 is 0. The smallest absolute Gasteiger partial charge is 0.315 e. The van der Waals surface area contributed by atoms with Gasteiger partial charge in [-0.05, 0) is 20.8 Å². The predicted molar refractivity (Wildman–Crippen MR) is 57.7 cm³/mol. The Morgan fingerprint density at radius 3 is 2.33 bits per heavy atom. The Morgan fingerprint density at radius 2 is 1.93 bits per heavy atom. The third-order valence-corrected chi connectivity index (χ3v) is 1.60. The lowest BCUT2D eigenvalue weighted by molar-refractivity contribution is -0.138. The van der Waals surface area contributed by atoms with Crippen LogP contribution < -0.4 is 10.6 Å². The Labute approximate surface area is 89.6 Å². The van der Waals surface area contributed by atoms with Gasteiger partial charge in [-0.2, -0.15) is 0 Å². The van der Waals surface area contributed by atoms with E-state index in [1.807, 2.05) is 0 Å². The molecule has 0 spiro atoms. The zero-order chi connectivity index (χ0) is 12.1. The van der Waals surface area contributed by atoms with Gasteiger partial charge in [0.25, 0.3) is 0 Å². The average molecular weight is 214 g/mol. The second-order valence-electron chi connectivity index (χ2n) is 4.22. The van der Waals surface area contributed by atoms with Crippen LogP contribution in [0.5, 0.6) is 0 Å². The number of hydrogen-bond donors (Lipinski definition) is 3. The van der Waals surface area contributed by atoms with Crippen molar-refractivity contribution in [1.82, 2.24) is 10.6 Å². The average Bonchev–Trinajstić information content (AvgIpc) is 1.96. The van der Waals surface area contributed by atoms with Crippen molar-refractivity contribution in [1.29, 1.82) is 0 Å². The second-order valence-corrected chi connectivity index (χ2v) is 4.22. The van der Waals surface area contributed by atoms with Gasteiger partial charge in [0.2, 0.25) is 0 Å². The molecule has 0 aliphatic rings. The van der Waals surface area contributed by atoms with Crippen LogP contribution in [0.25, 0.3) is 0 Å². The molecule has 5 nitrogen and oxygen atoms in total. The van der Waals surface area contributed by atoms with Crippen LogP contribution in [0, 0.1) is 0 Å². The summed E-state index contributed by atoms with van der Waals surface area (Å²) in [5.74, 6) is -0.944. The zero-order valence-corrected chi connectivity index (χ0v) is 9.39. The minimum atomic E-state index is -0.944. The molecule has 0 aromatic rings. The molecule has 0 aliphatic heterocycles. The number of urea groups is 1. The van der Waals surface area contributed by atoms with E-state index in [4.69, 9.17) is 5.11 Å². The molecular formula is C10H18N2O3. The van der Waals surface area contributed by atoms with E-state index in [1.54, 1.807) is 20.8 Å². The highest BCUT2D eigenvalue weighted by atomic mass is 16.4. The summed E-state index contributed by atoms with van der Waals surface area (Å²) < 4.78 is 0. The first-order valence-corrected chi connectivity index (χ1v) is 4.65. The summed E-state index contributed by atoms with van der Waals surface area (Å²) in [6.07, 6.45) is -0.118. The van der Waals surface area contributed by atoms with Gasteiger partial charge in [0, 0.05) is 12.1 Å². The van der Waals surface area contributed by atoms with Crippen molar-refractivity contribution in [2.24, 2.45) is 0 Å². The zero-order valence-electron chi connectivity index (χ0n) is 9.39. The van der Waals surface area contributed by atoms with E-state index in [0.29, 0.717) is 6.54 Å². The lowest BCUT2D eigenvalue weighted by atomic mass is 10.0. The van der Waals surface area contributed by atoms with E-state index in [2.05, 4.69) is 17.2 Å². The van der Waals surface area contributed by atoms with Crippen molar-refractivity contribution >= 4 is 12.0 Å². The molecule has 3 N–H and O–H groups in total. The minimum absolute atomic E-state index is 0.118. The number of amides is 2. The highest BCUT2D eigenvalue weighted by Crippen LogP contribution is 2.07. The SMILES string of the molecule is C=C(C)CNC(=O)NC(C)(C)CC(=O)O. The van der Waals surface area contributed by atoms with E-state index < -0.39 is 11.5 Å². The van der Waals surface area contributed by atoms with Crippen molar-refractivity contribution in [3.63, 3.8) is 0 Å². The normalized spacial score (nSPS) is 10.6. The van der Waals surface area contributed by atoms with E-state index in [9.17, 15) is 9.59 Å². The molecule has 0 aromatic carbocycles. The molecule has 0 atom stereocenters. The Hall–Kier alpha value is -1.52. The van der Waals surface area contributed by atoms with Crippen LogP contribution in [0.1, 0.15) is 27.2 Å². The lowest BCUT2D eigenvalue weighted by Crippen LogP contribution is -2.49. The fourth-order valence-electron chi connectivity index (χ4n) is 1.00. The quantitative estimate of drug-likeness (QED) is 0.600. The largest absolute Gasteiger partial charge is 0.481 e. The van der Waals surface area contributed by atoms with E-state index in [-0.39, 0.29) is 12.5 Å². The maximum Gasteiger partial charge on any atom is 0.315 e. The minimum Gasteiger partial charge on any atom is -0.481 e. The molecule has 0 aliphatic carbocycles. The first-order chi connectivity index (χ1) is 6.73. The number of nitrogens with one attached hydrogen (secondary N) is 2. The van der Waals surface area contributed by atoms with Gasteiger partial charge >= 0.3 is 12.0 Å². The molecular weight excluding hydrogens is 196 g/mol. The van der Waals surface area contributed by atoms with Gasteiger partial charge in [0.05, 0.1) is 6.42 Å². The first-order valence-electron chi connectivity index (χ1n) is 4.65. The van der Waals surface area contributed by atoms with Crippen molar-refractivity contribution in [2.45, 2.75) is 32.7 Å². The third kappa shape index (κ3) is 7.54. The van der Waals surface area contributed by atoms with Crippen molar-refractivity contribution < 1.29 is 14.7 Å². The fraction of sp³-hybridized carbons (Fsp3) is 0.600. The molecule has 0 saturated heterocycles. The molecule has 0 unspecified atom stereocenters. The number of rotatable bonds is 5. The third-order valence-electron chi connectivity index (χ3n) is 1.60. The standard InChI is InChI=1S/C10H18N2O3/c1-7(2)6-11-9(15)12-10(3,4)5-8(13)14/h1,5-6H2,2-4H3,(H,13,14)(H2,11,12,15). The summed E-state index contributed by atoms with van der Waals surface area (Å²) in [6.45, 7) is 9.12. The molecule has 2 amide bonds. The number of aliphatic carboxylic acids is 1. The first kappa shape index (κ1) is 13.5. The summed E-state index contributed by atoms with van der Waals surface area (Å²) in [5.41, 5.74) is 0.0755. The van der Waals surface area contributed by atoms with Gasteiger partial charge in [0.15, 0.2) is 0 Å². The van der Waals surface area contributed by atoms with Crippen LogP contribution in [-0.4, -0.2) is 29.2 Å². The molecule has 0 fully saturated rings. The topological polar surface area (TPSA) is 78.4 Å². The number of carbonyl (C=O) groups excluding carboxylic acids is 1. The molecule has 0 bridgehead atoms. The lowest BCUT2D eigenvalue weighted by Gasteiger charge is -2.24. The highest BCUT2D eigenvalue weighted by molar-refractivity contribution is 5.76. The number of carboxylic acids is 1. The predicted octanol–water partition coefficient (Wildman–Crippen LogP) is 1.11. The molecule has 15 heavy (non-hydrogen) atoms. The molecule has 0 rings (SSSR count). The monoisotopic (exact) mass is 214 g/mol. The van der Waals surface area contributed by atoms with Crippen LogP contribution >= 0.6 is 0 Å². The maximum atomic E-state index is 11.3. The molecule has 86 valence electrons. The van der Waals surface area contributed by atoms with Crippen molar-refractivity contribution in [2.75, 3.05) is 6.54 Å². The van der Waals surface area contributed by atoms with Gasteiger partial charge in [-0.25, -0.2) is 4.79 Å². The van der Waals surface area contributed by atoms with Gasteiger partial charge in [-0.3, -0.25) is 4.79 Å². The molecule has 0 aromatic heterocycles. The number of carbonyl (C=O) groups is 2. The summed E-state index contributed by atoms with van der Waals surface area (Å²) in [7, 11) is 0. The maximum absolute atomic E-state index is 11.3. The second kappa shape index (κ2) is 5.38. The fourth-order valence-corrected chi connectivity index (χ4v) is 1.00. The van der Waals surface area contributed by atoms with Gasteiger partial charge in [0.1, 0.15) is 0 Å². The highest BCUT2D eigenvalue weighted by Gasteiger charge is 2.23. The Balaban J connectivity index is 4.04.